The third-order valence-corrected chi connectivity index (χ3v) is 9.32. The zero-order valence-corrected chi connectivity index (χ0v) is 19.4. The van der Waals surface area contributed by atoms with E-state index in [2.05, 4.69) is 20.4 Å². The van der Waals surface area contributed by atoms with E-state index in [0.717, 1.165) is 52.9 Å². The van der Waals surface area contributed by atoms with Gasteiger partial charge in [0, 0.05) is 6.42 Å². The highest BCUT2D eigenvalue weighted by atomic mass is 32.1. The van der Waals surface area contributed by atoms with E-state index in [1.807, 2.05) is 11.7 Å². The monoisotopic (exact) mass is 464 g/mol. The summed E-state index contributed by atoms with van der Waals surface area (Å²) in [5.41, 5.74) is 1.76. The van der Waals surface area contributed by atoms with Gasteiger partial charge in [-0.2, -0.15) is 4.80 Å². The average molecular weight is 465 g/mol. The van der Waals surface area contributed by atoms with Crippen molar-refractivity contribution in [3.05, 3.63) is 28.9 Å². The van der Waals surface area contributed by atoms with Crippen molar-refractivity contribution >= 4 is 33.2 Å². The number of aryl methyl sites for hydroxylation is 1. The molecule has 0 aliphatic heterocycles. The van der Waals surface area contributed by atoms with Crippen LogP contribution in [0, 0.1) is 24.2 Å². The molecule has 33 heavy (non-hydrogen) atoms. The van der Waals surface area contributed by atoms with Crippen molar-refractivity contribution in [2.24, 2.45) is 17.3 Å². The Kier molecular flexibility index (Phi) is 3.88. The highest BCUT2D eigenvalue weighted by Gasteiger charge is 2.59. The fraction of sp³-hybridized carbons (Fsp3) is 0.591. The number of hydrogen-bond donors (Lipinski definition) is 0. The number of carbonyl (C=O) groups is 1. The molecule has 2 atom stereocenters. The number of ether oxygens (including phenoxy) is 1. The van der Waals surface area contributed by atoms with E-state index in [1.54, 1.807) is 17.2 Å². The highest BCUT2D eigenvalue weighted by molar-refractivity contribution is 7.20. The van der Waals surface area contributed by atoms with Gasteiger partial charge in [-0.15, -0.1) is 26.6 Å². The Bertz CT molecular complexity index is 1390. The van der Waals surface area contributed by atoms with Gasteiger partial charge in [-0.3, -0.25) is 0 Å². The molecule has 4 aromatic heterocycles. The van der Waals surface area contributed by atoms with Crippen LogP contribution in [0.2, 0.25) is 0 Å². The molecule has 0 spiro atoms. The van der Waals surface area contributed by atoms with Crippen LogP contribution in [0.5, 0.6) is 0 Å². The zero-order valence-electron chi connectivity index (χ0n) is 18.6. The Hall–Kier alpha value is -2.95. The van der Waals surface area contributed by atoms with Gasteiger partial charge in [-0.25, -0.2) is 19.3 Å². The molecule has 2 unspecified atom stereocenters. The van der Waals surface area contributed by atoms with Gasteiger partial charge in [0.1, 0.15) is 16.0 Å². The summed E-state index contributed by atoms with van der Waals surface area (Å²) in [4.78, 5) is 25.0. The lowest BCUT2D eigenvalue weighted by atomic mass is 9.46. The standard InChI is InChI=1S/C22H24N8O2S/c1-12-16-18-26-15(27-29(18)11-23-19(16)33-17(12)20(31)32-2)8-21-4-13-3-14(5-21)7-22(6-13,9-21)30-25-10-24-28-30/h10-11,13-14H,3-9H2,1-2H3. The number of nitrogens with zero attached hydrogens (tertiary/aromatic N) is 8. The lowest BCUT2D eigenvalue weighted by molar-refractivity contribution is -0.112. The zero-order chi connectivity index (χ0) is 22.4. The SMILES string of the molecule is COC(=O)c1sc2ncn3nc(CC45CC6CC(C4)CC(n4ncnn4)(C6)C5)nc3c2c1C. The minimum absolute atomic E-state index is 0.0199. The van der Waals surface area contributed by atoms with Gasteiger partial charge in [-0.05, 0) is 73.5 Å². The van der Waals surface area contributed by atoms with Gasteiger partial charge in [0.05, 0.1) is 18.0 Å². The van der Waals surface area contributed by atoms with E-state index >= 15 is 0 Å². The predicted molar refractivity (Wildman–Crippen MR) is 119 cm³/mol. The van der Waals surface area contributed by atoms with Crippen molar-refractivity contribution in [1.29, 1.82) is 0 Å². The largest absolute Gasteiger partial charge is 0.465 e. The second-order valence-electron chi connectivity index (χ2n) is 10.4. The van der Waals surface area contributed by atoms with Crippen LogP contribution in [-0.2, 0) is 16.7 Å². The Morgan fingerprint density at radius 2 is 2.09 bits per heavy atom. The molecule has 0 amide bonds. The van der Waals surface area contributed by atoms with Gasteiger partial charge >= 0.3 is 5.97 Å². The van der Waals surface area contributed by atoms with Crippen LogP contribution in [0.4, 0.5) is 0 Å². The number of hydrogen-bond acceptors (Lipinski definition) is 9. The molecule has 4 aliphatic carbocycles. The molecule has 0 radical (unpaired) electrons. The average Bonchev–Trinajstić information content (AvgIpc) is 3.50. The number of methoxy groups -OCH3 is 1. The first kappa shape index (κ1) is 19.5. The summed E-state index contributed by atoms with van der Waals surface area (Å²) in [5, 5.41) is 18.5. The number of rotatable bonds is 4. The first-order chi connectivity index (χ1) is 16.0. The molecule has 0 aromatic carbocycles. The molecule has 4 saturated carbocycles. The van der Waals surface area contributed by atoms with Gasteiger partial charge in [0.15, 0.2) is 17.8 Å². The van der Waals surface area contributed by atoms with Crippen molar-refractivity contribution in [1.82, 2.24) is 39.8 Å². The Morgan fingerprint density at radius 3 is 2.82 bits per heavy atom. The van der Waals surface area contributed by atoms with Crippen LogP contribution in [0.1, 0.15) is 59.6 Å². The molecule has 4 bridgehead atoms. The summed E-state index contributed by atoms with van der Waals surface area (Å²) in [6.07, 6.45) is 11.2. The van der Waals surface area contributed by atoms with E-state index in [9.17, 15) is 4.79 Å². The van der Waals surface area contributed by atoms with Crippen LogP contribution < -0.4 is 0 Å². The molecule has 10 nitrogen and oxygen atoms in total. The van der Waals surface area contributed by atoms with Crippen molar-refractivity contribution in [3.63, 3.8) is 0 Å². The summed E-state index contributed by atoms with van der Waals surface area (Å²) in [6.45, 7) is 1.93. The van der Waals surface area contributed by atoms with E-state index < -0.39 is 0 Å². The maximum Gasteiger partial charge on any atom is 0.348 e. The minimum Gasteiger partial charge on any atom is -0.465 e. The number of thiophene rings is 1. The smallest absolute Gasteiger partial charge is 0.348 e. The summed E-state index contributed by atoms with van der Waals surface area (Å²) < 4.78 is 6.70. The molecule has 0 N–H and O–H groups in total. The van der Waals surface area contributed by atoms with Crippen molar-refractivity contribution < 1.29 is 9.53 Å². The molecule has 11 heteroatoms. The van der Waals surface area contributed by atoms with E-state index in [1.165, 1.54) is 37.7 Å². The summed E-state index contributed by atoms with van der Waals surface area (Å²) in [6, 6.07) is 0. The fourth-order valence-corrected chi connectivity index (χ4v) is 8.56. The van der Waals surface area contributed by atoms with Gasteiger partial charge in [-0.1, -0.05) is 0 Å². The van der Waals surface area contributed by atoms with Gasteiger partial charge in [0.2, 0.25) is 0 Å². The van der Waals surface area contributed by atoms with E-state index in [0.29, 0.717) is 16.7 Å². The quantitative estimate of drug-likeness (QED) is 0.424. The molecule has 4 fully saturated rings. The number of tetrazole rings is 1. The Labute approximate surface area is 193 Å². The Morgan fingerprint density at radius 1 is 1.27 bits per heavy atom. The van der Waals surface area contributed by atoms with Gasteiger partial charge in [0.25, 0.3) is 0 Å². The van der Waals surface area contributed by atoms with Crippen molar-refractivity contribution in [2.45, 2.75) is 57.4 Å². The number of esters is 1. The topological polar surface area (TPSA) is 113 Å². The summed E-state index contributed by atoms with van der Waals surface area (Å²) in [5.74, 6) is 1.90. The lowest BCUT2D eigenvalue weighted by Crippen LogP contribution is -2.57. The minimum atomic E-state index is -0.339. The van der Waals surface area contributed by atoms with Crippen molar-refractivity contribution in [2.75, 3.05) is 7.11 Å². The molecule has 4 heterocycles. The van der Waals surface area contributed by atoms with Crippen molar-refractivity contribution in [3.8, 4) is 0 Å². The normalized spacial score (nSPS) is 30.5. The second-order valence-corrected chi connectivity index (χ2v) is 11.4. The maximum atomic E-state index is 12.2. The molecular weight excluding hydrogens is 440 g/mol. The molecule has 4 aromatic rings. The molecule has 170 valence electrons. The molecular formula is C22H24N8O2S. The maximum absolute atomic E-state index is 12.2. The fourth-order valence-electron chi connectivity index (χ4n) is 7.50. The van der Waals surface area contributed by atoms with Crippen LogP contribution in [0.15, 0.2) is 12.7 Å². The number of fused-ring (bicyclic) bond motifs is 3. The lowest BCUT2D eigenvalue weighted by Gasteiger charge is -2.61. The van der Waals surface area contributed by atoms with Crippen LogP contribution in [0.3, 0.4) is 0 Å². The third kappa shape index (κ3) is 2.74. The van der Waals surface area contributed by atoms with Crippen LogP contribution >= 0.6 is 11.3 Å². The highest BCUT2D eigenvalue weighted by Crippen LogP contribution is 2.64. The number of aromatic nitrogens is 8. The second kappa shape index (κ2) is 6.55. The summed E-state index contributed by atoms with van der Waals surface area (Å²) >= 11 is 1.34. The molecule has 4 aliphatic rings. The van der Waals surface area contributed by atoms with Crippen LogP contribution in [-0.4, -0.2) is 52.9 Å². The van der Waals surface area contributed by atoms with E-state index in [-0.39, 0.29) is 16.9 Å². The van der Waals surface area contributed by atoms with Crippen LogP contribution in [0.25, 0.3) is 15.9 Å². The molecule has 0 saturated heterocycles. The third-order valence-electron chi connectivity index (χ3n) is 8.14. The van der Waals surface area contributed by atoms with E-state index in [4.69, 9.17) is 14.8 Å². The van der Waals surface area contributed by atoms with Gasteiger partial charge < -0.3 is 4.74 Å². The summed E-state index contributed by atoms with van der Waals surface area (Å²) in [7, 11) is 1.40. The molecule has 8 rings (SSSR count). The number of carbonyl (C=O) groups excluding carboxylic acids is 1. The first-order valence-corrected chi connectivity index (χ1v) is 12.2. The first-order valence-electron chi connectivity index (χ1n) is 11.4. The Balaban J connectivity index is 1.28. The predicted octanol–water partition coefficient (Wildman–Crippen LogP) is 2.96.